The average Bonchev–Trinajstić information content (AvgIpc) is 2.42. The Morgan fingerprint density at radius 3 is 2.77 bits per heavy atom. The topological polar surface area (TPSA) is 52.2 Å². The lowest BCUT2D eigenvalue weighted by molar-refractivity contribution is 0.779. The van der Waals surface area contributed by atoms with Crippen LogP contribution < -0.4 is 5.56 Å². The second-order valence-corrected chi connectivity index (χ2v) is 3.06. The molecule has 0 aliphatic rings. The van der Waals surface area contributed by atoms with Crippen LogP contribution >= 0.6 is 0 Å². The van der Waals surface area contributed by atoms with Crippen LogP contribution in [-0.4, -0.2) is 19.2 Å². The molecule has 5 heteroatoms. The van der Waals surface area contributed by atoms with Gasteiger partial charge in [0, 0.05) is 12.7 Å². The maximum absolute atomic E-state index is 11.6. The molecule has 0 unspecified atom stereocenters. The minimum Gasteiger partial charge on any atom is -0.311 e. The maximum atomic E-state index is 11.6. The van der Waals surface area contributed by atoms with Crippen LogP contribution in [0.15, 0.2) is 11.0 Å². The van der Waals surface area contributed by atoms with Gasteiger partial charge in [0.05, 0.1) is 6.20 Å². The smallest absolute Gasteiger partial charge is 0.295 e. The van der Waals surface area contributed by atoms with Crippen LogP contribution in [0.25, 0.3) is 5.65 Å². The number of rotatable bonds is 0. The number of fused-ring (bicyclic) bond motifs is 1. The van der Waals surface area contributed by atoms with Crippen molar-refractivity contribution in [1.29, 1.82) is 0 Å². The van der Waals surface area contributed by atoms with Gasteiger partial charge in [-0.1, -0.05) is 0 Å². The zero-order valence-electron chi connectivity index (χ0n) is 7.77. The van der Waals surface area contributed by atoms with E-state index in [0.29, 0.717) is 11.5 Å². The molecule has 0 aliphatic heterocycles. The lowest BCUT2D eigenvalue weighted by Gasteiger charge is -2.01. The summed E-state index contributed by atoms with van der Waals surface area (Å²) < 4.78 is 3.08. The van der Waals surface area contributed by atoms with Gasteiger partial charge in [0.2, 0.25) is 5.65 Å². The standard InChI is InChI=1S/C8H10N4O/c1-5-4-12-7(8(13)11(5)3)9-6(2)10-12/h4H,1-3H3. The maximum Gasteiger partial charge on any atom is 0.295 e. The largest absolute Gasteiger partial charge is 0.311 e. The summed E-state index contributed by atoms with van der Waals surface area (Å²) in [5.41, 5.74) is 1.13. The molecule has 0 aliphatic carbocycles. The van der Waals surface area contributed by atoms with Crippen LogP contribution in [-0.2, 0) is 7.05 Å². The number of aryl methyl sites for hydroxylation is 2. The van der Waals surface area contributed by atoms with Gasteiger partial charge in [-0.15, -0.1) is 0 Å². The predicted molar refractivity (Wildman–Crippen MR) is 47.7 cm³/mol. The van der Waals surface area contributed by atoms with E-state index in [2.05, 4.69) is 10.1 Å². The van der Waals surface area contributed by atoms with E-state index >= 15 is 0 Å². The van der Waals surface area contributed by atoms with E-state index in [1.54, 1.807) is 24.7 Å². The molecule has 0 saturated carbocycles. The summed E-state index contributed by atoms with van der Waals surface area (Å²) in [7, 11) is 1.72. The third-order valence-electron chi connectivity index (χ3n) is 2.07. The van der Waals surface area contributed by atoms with Crippen LogP contribution in [0.3, 0.4) is 0 Å². The second kappa shape index (κ2) is 2.42. The van der Waals surface area contributed by atoms with Crippen molar-refractivity contribution >= 4 is 5.65 Å². The van der Waals surface area contributed by atoms with E-state index in [0.717, 1.165) is 5.69 Å². The van der Waals surface area contributed by atoms with E-state index in [9.17, 15) is 4.79 Å². The van der Waals surface area contributed by atoms with Gasteiger partial charge in [-0.3, -0.25) is 4.79 Å². The minimum absolute atomic E-state index is 0.111. The molecule has 2 heterocycles. The highest BCUT2D eigenvalue weighted by Gasteiger charge is 2.06. The monoisotopic (exact) mass is 178 g/mol. The molecule has 0 N–H and O–H groups in total. The van der Waals surface area contributed by atoms with Gasteiger partial charge in [0.25, 0.3) is 5.56 Å². The first kappa shape index (κ1) is 7.97. The number of aromatic nitrogens is 4. The normalized spacial score (nSPS) is 11.0. The Kier molecular flexibility index (Phi) is 1.48. The van der Waals surface area contributed by atoms with E-state index in [1.165, 1.54) is 4.52 Å². The first-order valence-corrected chi connectivity index (χ1v) is 3.99. The van der Waals surface area contributed by atoms with Gasteiger partial charge in [-0.05, 0) is 13.8 Å². The van der Waals surface area contributed by atoms with Crippen molar-refractivity contribution in [3.05, 3.63) is 28.1 Å². The van der Waals surface area contributed by atoms with Crippen molar-refractivity contribution in [3.63, 3.8) is 0 Å². The Morgan fingerprint density at radius 1 is 1.38 bits per heavy atom. The predicted octanol–water partition coefficient (Wildman–Crippen LogP) is 0.0448. The molecule has 0 aromatic carbocycles. The summed E-state index contributed by atoms with van der Waals surface area (Å²) in [5.74, 6) is 0.614. The van der Waals surface area contributed by atoms with Crippen LogP contribution in [0.5, 0.6) is 0 Å². The van der Waals surface area contributed by atoms with Gasteiger partial charge >= 0.3 is 0 Å². The Bertz CT molecular complexity index is 523. The number of nitrogens with zero attached hydrogens (tertiary/aromatic N) is 4. The lowest BCUT2D eigenvalue weighted by atomic mass is 10.5. The molecule has 5 nitrogen and oxygen atoms in total. The Balaban J connectivity index is 3.01. The summed E-state index contributed by atoms with van der Waals surface area (Å²) in [5, 5.41) is 4.07. The molecule has 0 radical (unpaired) electrons. The highest BCUT2D eigenvalue weighted by atomic mass is 16.1. The first-order chi connectivity index (χ1) is 6.09. The van der Waals surface area contributed by atoms with Gasteiger partial charge in [0.15, 0.2) is 0 Å². The summed E-state index contributed by atoms with van der Waals surface area (Å²) in [6, 6.07) is 0. The van der Waals surface area contributed by atoms with E-state index < -0.39 is 0 Å². The van der Waals surface area contributed by atoms with Gasteiger partial charge in [-0.25, -0.2) is 9.50 Å². The molecule has 0 saturated heterocycles. The fraction of sp³-hybridized carbons (Fsp3) is 0.375. The summed E-state index contributed by atoms with van der Waals surface area (Å²) in [6.07, 6.45) is 1.79. The van der Waals surface area contributed by atoms with Crippen LogP contribution in [0.1, 0.15) is 11.5 Å². The molecule has 0 bridgehead atoms. The summed E-state index contributed by atoms with van der Waals surface area (Å²) in [6.45, 7) is 3.62. The second-order valence-electron chi connectivity index (χ2n) is 3.06. The highest BCUT2D eigenvalue weighted by molar-refractivity contribution is 5.34. The molecule has 2 aromatic heterocycles. The molecule has 0 atom stereocenters. The van der Waals surface area contributed by atoms with Crippen molar-refractivity contribution in [2.75, 3.05) is 0 Å². The van der Waals surface area contributed by atoms with Gasteiger partial charge < -0.3 is 4.57 Å². The Labute approximate surface area is 74.6 Å². The average molecular weight is 178 g/mol. The third kappa shape index (κ3) is 1.04. The molecule has 0 amide bonds. The fourth-order valence-electron chi connectivity index (χ4n) is 1.24. The van der Waals surface area contributed by atoms with Crippen LogP contribution in [0.4, 0.5) is 0 Å². The highest BCUT2D eigenvalue weighted by Crippen LogP contribution is 1.97. The summed E-state index contributed by atoms with van der Waals surface area (Å²) >= 11 is 0. The van der Waals surface area contributed by atoms with Crippen LogP contribution in [0, 0.1) is 13.8 Å². The molecule has 2 aromatic rings. The molecular formula is C8H10N4O. The Hall–Kier alpha value is -1.65. The van der Waals surface area contributed by atoms with E-state index in [1.807, 2.05) is 6.92 Å². The quantitative estimate of drug-likeness (QED) is 0.572. The van der Waals surface area contributed by atoms with Crippen molar-refractivity contribution in [1.82, 2.24) is 19.2 Å². The molecule has 0 fully saturated rings. The first-order valence-electron chi connectivity index (χ1n) is 3.99. The van der Waals surface area contributed by atoms with Gasteiger partial charge in [0.1, 0.15) is 5.82 Å². The van der Waals surface area contributed by atoms with Gasteiger partial charge in [-0.2, -0.15) is 5.10 Å². The zero-order valence-corrected chi connectivity index (χ0v) is 7.77. The van der Waals surface area contributed by atoms with Crippen molar-refractivity contribution in [3.8, 4) is 0 Å². The minimum atomic E-state index is -0.111. The number of hydrogen-bond donors (Lipinski definition) is 0. The SMILES string of the molecule is Cc1nc2c(=O)n(C)c(C)cn2n1. The molecule has 68 valence electrons. The molecular weight excluding hydrogens is 168 g/mol. The molecule has 2 rings (SSSR count). The Morgan fingerprint density at radius 2 is 2.08 bits per heavy atom. The van der Waals surface area contributed by atoms with Crippen molar-refractivity contribution in [2.24, 2.45) is 7.05 Å². The fourth-order valence-corrected chi connectivity index (χ4v) is 1.24. The summed E-state index contributed by atoms with van der Waals surface area (Å²) in [4.78, 5) is 15.6. The van der Waals surface area contributed by atoms with E-state index in [4.69, 9.17) is 0 Å². The molecule has 0 spiro atoms. The van der Waals surface area contributed by atoms with Crippen molar-refractivity contribution in [2.45, 2.75) is 13.8 Å². The zero-order chi connectivity index (χ0) is 9.59. The van der Waals surface area contributed by atoms with Crippen molar-refractivity contribution < 1.29 is 0 Å². The number of hydrogen-bond acceptors (Lipinski definition) is 3. The lowest BCUT2D eigenvalue weighted by Crippen LogP contribution is -2.21. The van der Waals surface area contributed by atoms with Crippen LogP contribution in [0.2, 0.25) is 0 Å². The third-order valence-corrected chi connectivity index (χ3v) is 2.07. The molecule has 13 heavy (non-hydrogen) atoms. The van der Waals surface area contributed by atoms with E-state index in [-0.39, 0.29) is 5.56 Å².